The van der Waals surface area contributed by atoms with Gasteiger partial charge in [-0.2, -0.15) is 0 Å². The lowest BCUT2D eigenvalue weighted by molar-refractivity contribution is 1.09. The lowest BCUT2D eigenvalue weighted by atomic mass is 10.3. The van der Waals surface area contributed by atoms with Crippen LogP contribution in [0.25, 0.3) is 0 Å². The largest absolute Gasteiger partial charge is 0.339 e. The van der Waals surface area contributed by atoms with E-state index in [0.717, 1.165) is 0 Å². The summed E-state index contributed by atoms with van der Waals surface area (Å²) in [4.78, 5) is 3.86. The van der Waals surface area contributed by atoms with Gasteiger partial charge in [-0.3, -0.25) is 0 Å². The van der Waals surface area contributed by atoms with E-state index in [-0.39, 0.29) is 0 Å². The van der Waals surface area contributed by atoms with Gasteiger partial charge in [-0.25, -0.2) is 0 Å². The van der Waals surface area contributed by atoms with E-state index in [1.807, 2.05) is 0 Å². The van der Waals surface area contributed by atoms with Crippen LogP contribution in [0.3, 0.4) is 0 Å². The first-order chi connectivity index (χ1) is 8.97. The van der Waals surface area contributed by atoms with E-state index in [1.54, 1.807) is 10.4 Å². The quantitative estimate of drug-likeness (QED) is 0.821. The zero-order valence-electron chi connectivity index (χ0n) is 12.5. The Morgan fingerprint density at radius 1 is 1.16 bits per heavy atom. The molecule has 0 spiro atoms. The molecular formula is C16H25NSi2. The molecule has 1 nitrogen and oxygen atoms in total. The summed E-state index contributed by atoms with van der Waals surface area (Å²) in [5.74, 6) is 0. The van der Waals surface area contributed by atoms with Crippen LogP contribution >= 0.6 is 0 Å². The molecular weight excluding hydrogens is 262 g/mol. The number of benzene rings is 1. The average molecular weight is 288 g/mol. The molecule has 3 heteroatoms. The Morgan fingerprint density at radius 2 is 1.84 bits per heavy atom. The Bertz CT molecular complexity index is 483. The summed E-state index contributed by atoms with van der Waals surface area (Å²) in [5, 5.41) is 3.29. The van der Waals surface area contributed by atoms with E-state index in [1.165, 1.54) is 18.2 Å². The van der Waals surface area contributed by atoms with Crippen molar-refractivity contribution in [3.05, 3.63) is 53.3 Å². The van der Waals surface area contributed by atoms with E-state index in [4.69, 9.17) is 0 Å². The van der Waals surface area contributed by atoms with E-state index in [0.29, 0.717) is 0 Å². The highest BCUT2D eigenvalue weighted by Gasteiger charge is 2.23. The Morgan fingerprint density at radius 3 is 2.37 bits per heavy atom. The maximum atomic E-state index is 3.86. The number of rotatable bonds is 5. The molecule has 0 saturated heterocycles. The van der Waals surface area contributed by atoms with Crippen LogP contribution in [0.2, 0.25) is 19.6 Å². The molecule has 1 aliphatic rings. The van der Waals surface area contributed by atoms with Crippen LogP contribution in [0.4, 0.5) is 0 Å². The summed E-state index contributed by atoms with van der Waals surface area (Å²) >= 11 is 0. The fourth-order valence-electron chi connectivity index (χ4n) is 2.58. The fraction of sp³-hybridized carbons (Fsp3) is 0.375. The smallest absolute Gasteiger partial charge is 0.116 e. The Labute approximate surface area is 120 Å². The molecule has 1 aromatic rings. The standard InChI is InChI=1S/C16H25NSi2/c1-14-9-8-12-16(14)18(13-17-19(2,3)4)15-10-6-5-7-11-15/h5-11,17-18H,12-13H2,1-4H3. The summed E-state index contributed by atoms with van der Waals surface area (Å²) in [6.07, 6.45) is 6.99. The molecule has 102 valence electrons. The SMILES string of the molecule is CC1=C([SiH](CN[Si](C)(C)C)c2ccccc2)CC=C1. The van der Waals surface area contributed by atoms with Gasteiger partial charge in [-0.15, -0.1) is 0 Å². The first kappa shape index (κ1) is 14.5. The number of hydrogen-bond donors (Lipinski definition) is 1. The number of nitrogens with one attached hydrogen (secondary N) is 1. The van der Waals surface area contributed by atoms with Crippen molar-refractivity contribution in [2.24, 2.45) is 0 Å². The van der Waals surface area contributed by atoms with Gasteiger partial charge in [-0.1, -0.05) is 78.1 Å². The third kappa shape index (κ3) is 4.03. The molecule has 2 rings (SSSR count). The van der Waals surface area contributed by atoms with Gasteiger partial charge in [0.15, 0.2) is 0 Å². The highest BCUT2D eigenvalue weighted by atomic mass is 28.3. The van der Waals surface area contributed by atoms with Gasteiger partial charge in [-0.05, 0) is 19.5 Å². The topological polar surface area (TPSA) is 12.0 Å². The van der Waals surface area contributed by atoms with Gasteiger partial charge in [0.25, 0.3) is 0 Å². The summed E-state index contributed by atoms with van der Waals surface area (Å²) < 4.78 is 0. The van der Waals surface area contributed by atoms with Crippen molar-refractivity contribution in [2.75, 3.05) is 6.17 Å². The molecule has 1 unspecified atom stereocenters. The monoisotopic (exact) mass is 287 g/mol. The van der Waals surface area contributed by atoms with Gasteiger partial charge in [0.05, 0.1) is 0 Å². The van der Waals surface area contributed by atoms with Gasteiger partial charge in [0.2, 0.25) is 0 Å². The van der Waals surface area contributed by atoms with Gasteiger partial charge in [0, 0.05) is 0 Å². The molecule has 0 saturated carbocycles. The molecule has 0 aromatic heterocycles. The van der Waals surface area contributed by atoms with Crippen LogP contribution in [-0.4, -0.2) is 23.2 Å². The molecule has 0 heterocycles. The molecule has 19 heavy (non-hydrogen) atoms. The van der Waals surface area contributed by atoms with Crippen molar-refractivity contribution in [2.45, 2.75) is 33.0 Å². The zero-order chi connectivity index (χ0) is 13.9. The molecule has 0 amide bonds. The maximum Gasteiger partial charge on any atom is 0.116 e. The van der Waals surface area contributed by atoms with Crippen molar-refractivity contribution in [3.63, 3.8) is 0 Å². The minimum atomic E-state index is -1.18. The molecule has 0 radical (unpaired) electrons. The normalized spacial score (nSPS) is 17.1. The molecule has 1 N–H and O–H groups in total. The van der Waals surface area contributed by atoms with Crippen LogP contribution < -0.4 is 10.2 Å². The zero-order valence-corrected chi connectivity index (χ0v) is 14.7. The van der Waals surface area contributed by atoms with E-state index < -0.39 is 17.0 Å². The lowest BCUT2D eigenvalue weighted by Gasteiger charge is -2.25. The van der Waals surface area contributed by atoms with Crippen molar-refractivity contribution in [1.29, 1.82) is 0 Å². The number of allylic oxidation sites excluding steroid dienone is 4. The maximum absolute atomic E-state index is 3.86. The van der Waals surface area contributed by atoms with Crippen LogP contribution in [0.1, 0.15) is 13.3 Å². The van der Waals surface area contributed by atoms with Crippen LogP contribution in [-0.2, 0) is 0 Å². The minimum Gasteiger partial charge on any atom is -0.339 e. The summed E-state index contributed by atoms with van der Waals surface area (Å²) in [5.41, 5.74) is 1.51. The Balaban J connectivity index is 2.22. The van der Waals surface area contributed by atoms with Crippen molar-refractivity contribution < 1.29 is 0 Å². The third-order valence-corrected chi connectivity index (χ3v) is 8.68. The Hall–Kier alpha value is -0.906. The molecule has 0 aliphatic heterocycles. The van der Waals surface area contributed by atoms with Crippen LogP contribution in [0.5, 0.6) is 0 Å². The summed E-state index contributed by atoms with van der Waals surface area (Å²) in [6, 6.07) is 11.1. The van der Waals surface area contributed by atoms with Crippen LogP contribution in [0, 0.1) is 0 Å². The minimum absolute atomic E-state index is 1.06. The molecule has 1 aromatic carbocycles. The predicted molar refractivity (Wildman–Crippen MR) is 91.0 cm³/mol. The van der Waals surface area contributed by atoms with E-state index in [9.17, 15) is 0 Å². The third-order valence-electron chi connectivity index (χ3n) is 3.67. The van der Waals surface area contributed by atoms with Crippen LogP contribution in [0.15, 0.2) is 53.3 Å². The van der Waals surface area contributed by atoms with Crippen molar-refractivity contribution in [1.82, 2.24) is 4.98 Å². The van der Waals surface area contributed by atoms with Gasteiger partial charge >= 0.3 is 0 Å². The fourth-order valence-corrected chi connectivity index (χ4v) is 8.49. The second-order valence-corrected chi connectivity index (χ2v) is 14.1. The second kappa shape index (κ2) is 6.03. The highest BCUT2D eigenvalue weighted by molar-refractivity contribution is 6.82. The average Bonchev–Trinajstić information content (AvgIpc) is 2.76. The first-order valence-corrected chi connectivity index (χ1v) is 12.6. The highest BCUT2D eigenvalue weighted by Crippen LogP contribution is 2.21. The first-order valence-electron chi connectivity index (χ1n) is 7.13. The molecule has 1 aliphatic carbocycles. The van der Waals surface area contributed by atoms with Gasteiger partial charge in [0.1, 0.15) is 17.0 Å². The lowest BCUT2D eigenvalue weighted by Crippen LogP contribution is -2.51. The second-order valence-electron chi connectivity index (χ2n) is 6.41. The van der Waals surface area contributed by atoms with Crippen molar-refractivity contribution >= 4 is 22.2 Å². The van der Waals surface area contributed by atoms with Crippen molar-refractivity contribution in [3.8, 4) is 0 Å². The van der Waals surface area contributed by atoms with Gasteiger partial charge < -0.3 is 4.98 Å². The predicted octanol–water partition coefficient (Wildman–Crippen LogP) is 2.90. The Kier molecular flexibility index (Phi) is 4.60. The molecule has 0 fully saturated rings. The number of hydrogen-bond acceptors (Lipinski definition) is 1. The summed E-state index contributed by atoms with van der Waals surface area (Å²) in [7, 11) is -2.25. The molecule has 1 atom stereocenters. The van der Waals surface area contributed by atoms with E-state index >= 15 is 0 Å². The molecule has 0 bridgehead atoms. The van der Waals surface area contributed by atoms with E-state index in [2.05, 4.69) is 74.0 Å². The summed E-state index contributed by atoms with van der Waals surface area (Å²) in [6.45, 7) is 9.43.